The highest BCUT2D eigenvalue weighted by Crippen LogP contribution is 2.32. The number of cyclic esters (lactones) is 1. The molecule has 0 unspecified atom stereocenters. The van der Waals surface area contributed by atoms with Crippen molar-refractivity contribution in [2.24, 2.45) is 0 Å². The molecule has 264 valence electrons. The summed E-state index contributed by atoms with van der Waals surface area (Å²) < 4.78 is 10.9. The summed E-state index contributed by atoms with van der Waals surface area (Å²) in [5.41, 5.74) is 6.00. The van der Waals surface area contributed by atoms with Gasteiger partial charge in [0.25, 0.3) is 5.91 Å². The Morgan fingerprint density at radius 1 is 0.962 bits per heavy atom. The SMILES string of the molecule is CO[C@@]1(C(=O)Nc2ccc3[nH]nc(-c4ccc(N5CCOC5=O)cc4)c3c2)CCN(CC(=O)N2CC=C(c3ccc(-c4ncccn4)cc3)CC2)C1. The van der Waals surface area contributed by atoms with Crippen LogP contribution in [0.1, 0.15) is 18.4 Å². The second-order valence-corrected chi connectivity index (χ2v) is 13.2. The predicted octanol–water partition coefficient (Wildman–Crippen LogP) is 4.99. The van der Waals surface area contributed by atoms with Gasteiger partial charge in [0.1, 0.15) is 6.61 Å². The van der Waals surface area contributed by atoms with Gasteiger partial charge in [0, 0.05) is 73.6 Å². The number of aromatic amines is 1. The van der Waals surface area contributed by atoms with Crippen LogP contribution in [0.3, 0.4) is 0 Å². The van der Waals surface area contributed by atoms with Crippen LogP contribution in [0.15, 0.2) is 91.3 Å². The third kappa shape index (κ3) is 6.51. The number of carbonyl (C=O) groups excluding carboxylic acids is 3. The molecule has 13 heteroatoms. The van der Waals surface area contributed by atoms with Crippen LogP contribution in [0.25, 0.3) is 39.1 Å². The zero-order chi connectivity index (χ0) is 35.7. The number of anilines is 2. The summed E-state index contributed by atoms with van der Waals surface area (Å²) in [4.78, 5) is 53.2. The molecule has 0 aliphatic carbocycles. The second-order valence-electron chi connectivity index (χ2n) is 13.2. The van der Waals surface area contributed by atoms with Crippen molar-refractivity contribution in [3.63, 3.8) is 0 Å². The zero-order valence-electron chi connectivity index (χ0n) is 28.7. The largest absolute Gasteiger partial charge is 0.447 e. The van der Waals surface area contributed by atoms with E-state index in [1.54, 1.807) is 30.5 Å². The topological polar surface area (TPSA) is 146 Å². The smallest absolute Gasteiger partial charge is 0.414 e. The molecule has 2 fully saturated rings. The Balaban J connectivity index is 0.881. The fourth-order valence-electron chi connectivity index (χ4n) is 7.15. The van der Waals surface area contributed by atoms with E-state index in [1.165, 1.54) is 5.57 Å². The lowest BCUT2D eigenvalue weighted by Gasteiger charge is -2.30. The molecular weight excluding hydrogens is 660 g/mol. The Kier molecular flexibility index (Phi) is 8.95. The standard InChI is InChI=1S/C39H38N8O5/c1-51-39(37(49)42-30-9-12-33-32(23-30)35(44-43-33)28-7-10-31(11-8-28)47-21-22-52-38(47)50)15-20-45(25-39)24-34(48)46-18-13-27(14-19-46)26-3-5-29(6-4-26)36-40-16-2-17-41-36/h2-13,16-17,23H,14-15,18-22,24-25H2,1H3,(H,42,49)(H,43,44)/t39-/m0/s1. The number of rotatable bonds is 9. The van der Waals surface area contributed by atoms with Gasteiger partial charge < -0.3 is 19.7 Å². The Labute approximate surface area is 300 Å². The van der Waals surface area contributed by atoms with Crippen molar-refractivity contribution in [2.45, 2.75) is 18.4 Å². The summed E-state index contributed by atoms with van der Waals surface area (Å²) in [7, 11) is 1.55. The number of fused-ring (bicyclic) bond motifs is 1. The quantitative estimate of drug-likeness (QED) is 0.218. The van der Waals surface area contributed by atoms with Gasteiger partial charge >= 0.3 is 6.09 Å². The summed E-state index contributed by atoms with van der Waals surface area (Å²) in [6.45, 7) is 3.16. The van der Waals surface area contributed by atoms with E-state index in [4.69, 9.17) is 9.47 Å². The molecular formula is C39H38N8O5. The van der Waals surface area contributed by atoms with E-state index in [0.29, 0.717) is 57.3 Å². The highest BCUT2D eigenvalue weighted by Gasteiger charge is 2.45. The van der Waals surface area contributed by atoms with Crippen molar-refractivity contribution in [2.75, 3.05) is 63.2 Å². The minimum Gasteiger partial charge on any atom is -0.447 e. The van der Waals surface area contributed by atoms with Crippen LogP contribution in [0.5, 0.6) is 0 Å². The number of hydrogen-bond donors (Lipinski definition) is 2. The maximum absolute atomic E-state index is 13.8. The van der Waals surface area contributed by atoms with Crippen LogP contribution < -0.4 is 10.2 Å². The van der Waals surface area contributed by atoms with E-state index >= 15 is 0 Å². The number of nitrogens with zero attached hydrogens (tertiary/aromatic N) is 6. The molecule has 5 heterocycles. The molecule has 52 heavy (non-hydrogen) atoms. The lowest BCUT2D eigenvalue weighted by molar-refractivity contribution is -0.138. The third-order valence-electron chi connectivity index (χ3n) is 10.1. The summed E-state index contributed by atoms with van der Waals surface area (Å²) >= 11 is 0. The maximum atomic E-state index is 13.8. The van der Waals surface area contributed by atoms with Gasteiger partial charge in [0.2, 0.25) is 5.91 Å². The fourth-order valence-corrected chi connectivity index (χ4v) is 7.15. The van der Waals surface area contributed by atoms with Crippen molar-refractivity contribution < 1.29 is 23.9 Å². The van der Waals surface area contributed by atoms with Gasteiger partial charge in [-0.1, -0.05) is 42.5 Å². The van der Waals surface area contributed by atoms with Crippen molar-refractivity contribution in [3.8, 4) is 22.6 Å². The summed E-state index contributed by atoms with van der Waals surface area (Å²) in [5, 5.41) is 11.5. The van der Waals surface area contributed by atoms with Crippen LogP contribution in [-0.4, -0.2) is 106 Å². The average molecular weight is 699 g/mol. The molecule has 2 saturated heterocycles. The first-order chi connectivity index (χ1) is 25.4. The van der Waals surface area contributed by atoms with Gasteiger partial charge in [-0.25, -0.2) is 14.8 Å². The number of ether oxygens (including phenoxy) is 2. The second kappa shape index (κ2) is 14.0. The molecule has 1 atom stereocenters. The highest BCUT2D eigenvalue weighted by atomic mass is 16.6. The van der Waals surface area contributed by atoms with E-state index < -0.39 is 5.60 Å². The number of carbonyl (C=O) groups is 3. The molecule has 3 aromatic carbocycles. The summed E-state index contributed by atoms with van der Waals surface area (Å²) in [6, 6.07) is 23.2. The number of amides is 3. The van der Waals surface area contributed by atoms with Crippen molar-refractivity contribution in [1.29, 1.82) is 0 Å². The van der Waals surface area contributed by atoms with Crippen LogP contribution >= 0.6 is 0 Å². The van der Waals surface area contributed by atoms with Gasteiger partial charge in [0.15, 0.2) is 11.4 Å². The van der Waals surface area contributed by atoms with Crippen LogP contribution in [0, 0.1) is 0 Å². The molecule has 2 aromatic heterocycles. The van der Waals surface area contributed by atoms with Gasteiger partial charge in [0.05, 0.1) is 24.3 Å². The molecule has 3 aliphatic rings. The Hall–Kier alpha value is -5.92. The minimum absolute atomic E-state index is 0.0329. The Bertz CT molecular complexity index is 2150. The number of hydrogen-bond acceptors (Lipinski definition) is 9. The molecule has 8 rings (SSSR count). The fraction of sp³-hybridized carbons (Fsp3) is 0.282. The van der Waals surface area contributed by atoms with Crippen LogP contribution in [0.2, 0.25) is 0 Å². The average Bonchev–Trinajstić information content (AvgIpc) is 3.94. The Morgan fingerprint density at radius 2 is 1.73 bits per heavy atom. The molecule has 0 spiro atoms. The Morgan fingerprint density at radius 3 is 2.44 bits per heavy atom. The first kappa shape index (κ1) is 33.2. The van der Waals surface area contributed by atoms with E-state index in [9.17, 15) is 14.4 Å². The molecule has 13 nitrogen and oxygen atoms in total. The molecule has 5 aromatic rings. The van der Waals surface area contributed by atoms with Gasteiger partial charge in [-0.2, -0.15) is 5.10 Å². The molecule has 3 amide bonds. The van der Waals surface area contributed by atoms with Crippen molar-refractivity contribution >= 4 is 45.8 Å². The molecule has 0 radical (unpaired) electrons. The van der Waals surface area contributed by atoms with Crippen LogP contribution in [-0.2, 0) is 19.1 Å². The van der Waals surface area contributed by atoms with Crippen molar-refractivity contribution in [3.05, 3.63) is 96.8 Å². The van der Waals surface area contributed by atoms with Crippen molar-refractivity contribution in [1.82, 2.24) is 30.0 Å². The molecule has 0 saturated carbocycles. The molecule has 3 aliphatic heterocycles. The summed E-state index contributed by atoms with van der Waals surface area (Å²) in [6.07, 6.45) is 6.47. The number of nitrogens with one attached hydrogen (secondary N) is 2. The van der Waals surface area contributed by atoms with E-state index in [1.807, 2.05) is 64.4 Å². The zero-order valence-corrected chi connectivity index (χ0v) is 28.7. The number of likely N-dealkylation sites (tertiary alicyclic amines) is 1. The first-order valence-corrected chi connectivity index (χ1v) is 17.4. The molecule has 0 bridgehead atoms. The minimum atomic E-state index is -1.09. The number of aromatic nitrogens is 4. The maximum Gasteiger partial charge on any atom is 0.414 e. The van der Waals surface area contributed by atoms with E-state index in [0.717, 1.165) is 45.4 Å². The number of H-pyrrole nitrogens is 1. The first-order valence-electron chi connectivity index (χ1n) is 17.4. The normalized spacial score (nSPS) is 19.2. The predicted molar refractivity (Wildman–Crippen MR) is 196 cm³/mol. The lowest BCUT2D eigenvalue weighted by atomic mass is 9.98. The lowest BCUT2D eigenvalue weighted by Crippen LogP contribution is -2.48. The highest BCUT2D eigenvalue weighted by molar-refractivity contribution is 6.01. The van der Waals surface area contributed by atoms with Gasteiger partial charge in [-0.3, -0.25) is 24.5 Å². The van der Waals surface area contributed by atoms with E-state index in [2.05, 4.69) is 43.7 Å². The van der Waals surface area contributed by atoms with E-state index in [-0.39, 0.29) is 24.5 Å². The summed E-state index contributed by atoms with van der Waals surface area (Å²) in [5.74, 6) is 0.468. The molecule has 2 N–H and O–H groups in total. The number of benzene rings is 3. The van der Waals surface area contributed by atoms with Gasteiger partial charge in [-0.15, -0.1) is 0 Å². The van der Waals surface area contributed by atoms with Crippen LogP contribution in [0.4, 0.5) is 16.2 Å². The monoisotopic (exact) mass is 698 g/mol. The third-order valence-corrected chi connectivity index (χ3v) is 10.1. The van der Waals surface area contributed by atoms with Gasteiger partial charge in [-0.05, 0) is 60.4 Å². The number of methoxy groups -OCH3 is 1.